The summed E-state index contributed by atoms with van der Waals surface area (Å²) in [4.78, 5) is 32.3. The number of allylic oxidation sites excluding steroid dienone is 1. The summed E-state index contributed by atoms with van der Waals surface area (Å²) in [5.74, 6) is 0.315. The maximum atomic E-state index is 12.9. The van der Waals surface area contributed by atoms with Crippen LogP contribution in [-0.2, 0) is 14.3 Å². The number of ether oxygens (including phenoxy) is 2. The van der Waals surface area contributed by atoms with Gasteiger partial charge in [-0.1, -0.05) is 43.2 Å². The van der Waals surface area contributed by atoms with E-state index in [9.17, 15) is 9.59 Å². The molecule has 1 aromatic carbocycles. The summed E-state index contributed by atoms with van der Waals surface area (Å²) >= 11 is 1.48. The molecule has 1 fully saturated rings. The van der Waals surface area contributed by atoms with Crippen LogP contribution in [-0.4, -0.2) is 42.2 Å². The van der Waals surface area contributed by atoms with E-state index in [1.807, 2.05) is 41.5 Å². The average molecular weight is 456 g/mol. The van der Waals surface area contributed by atoms with Crippen LogP contribution in [0.15, 0.2) is 51.6 Å². The number of aliphatic imine (C=N–C) groups is 1. The monoisotopic (exact) mass is 455 g/mol. The van der Waals surface area contributed by atoms with Crippen molar-refractivity contribution in [2.45, 2.75) is 57.5 Å². The van der Waals surface area contributed by atoms with Gasteiger partial charge in [0.25, 0.3) is 0 Å². The Hall–Kier alpha value is -2.74. The number of thioether (sulfide) groups is 1. The Balaban J connectivity index is 1.62. The molecule has 8 heteroatoms. The number of methoxy groups -OCH3 is 2. The minimum Gasteiger partial charge on any atom is -0.497 e. The van der Waals surface area contributed by atoms with Crippen LogP contribution >= 0.6 is 11.8 Å². The van der Waals surface area contributed by atoms with Crippen LogP contribution in [0.2, 0.25) is 0 Å². The van der Waals surface area contributed by atoms with E-state index in [1.54, 1.807) is 7.11 Å². The normalized spacial score (nSPS) is 21.0. The van der Waals surface area contributed by atoms with E-state index in [2.05, 4.69) is 10.3 Å². The fourth-order valence-electron chi connectivity index (χ4n) is 4.53. The van der Waals surface area contributed by atoms with Crippen LogP contribution in [0.1, 0.15) is 57.1 Å². The Bertz CT molecular complexity index is 977. The molecule has 1 atom stereocenters. The van der Waals surface area contributed by atoms with E-state index < -0.39 is 12.0 Å². The predicted octanol–water partition coefficient (Wildman–Crippen LogP) is 4.28. The molecule has 0 spiro atoms. The van der Waals surface area contributed by atoms with Gasteiger partial charge in [0.2, 0.25) is 5.91 Å². The number of nitrogens with zero attached hydrogens (tertiary/aromatic N) is 2. The summed E-state index contributed by atoms with van der Waals surface area (Å²) < 4.78 is 10.4. The maximum absolute atomic E-state index is 12.9. The maximum Gasteiger partial charge on any atom is 0.338 e. The summed E-state index contributed by atoms with van der Waals surface area (Å²) in [5, 5.41) is 5.91. The van der Waals surface area contributed by atoms with Crippen LogP contribution in [0.5, 0.6) is 5.75 Å². The zero-order valence-electron chi connectivity index (χ0n) is 18.7. The third kappa shape index (κ3) is 4.55. The van der Waals surface area contributed by atoms with Gasteiger partial charge in [-0.15, -0.1) is 0 Å². The Morgan fingerprint density at radius 2 is 1.88 bits per heavy atom. The molecule has 1 amide bonds. The van der Waals surface area contributed by atoms with Gasteiger partial charge in [-0.2, -0.15) is 0 Å². The SMILES string of the molecule is COC(=O)C1=C(C)N=C2SC=C(CC(=O)NC3CCCCC3)N2[C@H]1c1ccc(OC)cc1. The van der Waals surface area contributed by atoms with E-state index in [0.29, 0.717) is 11.3 Å². The average Bonchev–Trinajstić information content (AvgIpc) is 3.20. The van der Waals surface area contributed by atoms with E-state index in [4.69, 9.17) is 9.47 Å². The van der Waals surface area contributed by atoms with Crippen molar-refractivity contribution < 1.29 is 19.1 Å². The number of amides is 1. The van der Waals surface area contributed by atoms with Crippen LogP contribution in [0.4, 0.5) is 0 Å². The lowest BCUT2D eigenvalue weighted by molar-refractivity contribution is -0.136. The van der Waals surface area contributed by atoms with Gasteiger partial charge in [0, 0.05) is 11.7 Å². The second-order valence-electron chi connectivity index (χ2n) is 8.24. The fourth-order valence-corrected chi connectivity index (χ4v) is 5.50. The van der Waals surface area contributed by atoms with Gasteiger partial charge in [-0.25, -0.2) is 9.79 Å². The molecule has 4 rings (SSSR count). The topological polar surface area (TPSA) is 80.2 Å². The molecule has 1 aromatic rings. The highest BCUT2D eigenvalue weighted by atomic mass is 32.2. The Labute approximate surface area is 192 Å². The zero-order chi connectivity index (χ0) is 22.7. The van der Waals surface area contributed by atoms with Crippen molar-refractivity contribution in [2.75, 3.05) is 14.2 Å². The highest BCUT2D eigenvalue weighted by molar-refractivity contribution is 8.16. The lowest BCUT2D eigenvalue weighted by Crippen LogP contribution is -2.40. The molecule has 2 aliphatic heterocycles. The number of benzene rings is 1. The van der Waals surface area contributed by atoms with Crippen LogP contribution in [0.3, 0.4) is 0 Å². The first-order valence-corrected chi connectivity index (χ1v) is 11.9. The minimum atomic E-state index is -0.426. The second kappa shape index (κ2) is 9.81. The summed E-state index contributed by atoms with van der Waals surface area (Å²) in [7, 11) is 2.99. The second-order valence-corrected chi connectivity index (χ2v) is 9.07. The molecular weight excluding hydrogens is 426 g/mol. The van der Waals surface area contributed by atoms with E-state index in [1.165, 1.54) is 38.1 Å². The van der Waals surface area contributed by atoms with Gasteiger partial charge in [-0.05, 0) is 42.9 Å². The summed E-state index contributed by atoms with van der Waals surface area (Å²) in [6.45, 7) is 1.82. The molecule has 170 valence electrons. The molecule has 1 N–H and O–H groups in total. The predicted molar refractivity (Wildman–Crippen MR) is 125 cm³/mol. The molecule has 7 nitrogen and oxygen atoms in total. The van der Waals surface area contributed by atoms with Gasteiger partial charge in [0.05, 0.1) is 38.0 Å². The number of hydrogen-bond donors (Lipinski definition) is 1. The van der Waals surface area contributed by atoms with Gasteiger partial charge in [0.15, 0.2) is 5.17 Å². The Morgan fingerprint density at radius 1 is 1.16 bits per heavy atom. The van der Waals surface area contributed by atoms with Crippen LogP contribution in [0, 0.1) is 0 Å². The van der Waals surface area contributed by atoms with Crippen LogP contribution in [0.25, 0.3) is 0 Å². The smallest absolute Gasteiger partial charge is 0.338 e. The molecule has 3 aliphatic rings. The first kappa shape index (κ1) is 22.5. The number of fused-ring (bicyclic) bond motifs is 1. The lowest BCUT2D eigenvalue weighted by atomic mass is 9.93. The highest BCUT2D eigenvalue weighted by Crippen LogP contribution is 2.45. The number of nitrogens with one attached hydrogen (secondary N) is 1. The van der Waals surface area contributed by atoms with E-state index in [-0.39, 0.29) is 18.4 Å². The summed E-state index contributed by atoms with van der Waals surface area (Å²) in [6, 6.07) is 7.44. The molecule has 1 aliphatic carbocycles. The van der Waals surface area contributed by atoms with Crippen molar-refractivity contribution in [3.8, 4) is 5.75 Å². The number of esters is 1. The molecule has 0 radical (unpaired) electrons. The summed E-state index contributed by atoms with van der Waals surface area (Å²) in [5.41, 5.74) is 2.83. The largest absolute Gasteiger partial charge is 0.497 e. The van der Waals surface area contributed by atoms with Gasteiger partial charge in [-0.3, -0.25) is 4.79 Å². The van der Waals surface area contributed by atoms with E-state index in [0.717, 1.165) is 35.0 Å². The number of hydrogen-bond acceptors (Lipinski definition) is 7. The standard InChI is InChI=1S/C24H29N3O4S/c1-15-21(23(29)31-3)22(16-9-11-19(30-2)12-10-16)27-18(14-32-24(27)25-15)13-20(28)26-17-7-5-4-6-8-17/h9-12,14,17,22H,4-8,13H2,1-3H3,(H,26,28)/t22-/m0/s1. The van der Waals surface area contributed by atoms with E-state index >= 15 is 0 Å². The third-order valence-electron chi connectivity index (χ3n) is 6.15. The van der Waals surface area contributed by atoms with Gasteiger partial charge >= 0.3 is 5.97 Å². The Kier molecular flexibility index (Phi) is 6.89. The number of amidine groups is 1. The van der Waals surface area contributed by atoms with Gasteiger partial charge in [0.1, 0.15) is 5.75 Å². The molecule has 0 aromatic heterocycles. The van der Waals surface area contributed by atoms with Crippen molar-refractivity contribution >= 4 is 28.8 Å². The summed E-state index contributed by atoms with van der Waals surface area (Å²) in [6.07, 6.45) is 5.89. The molecule has 1 saturated carbocycles. The quantitative estimate of drug-likeness (QED) is 0.645. The molecule has 0 saturated heterocycles. The minimum absolute atomic E-state index is 0.00405. The molecule has 0 unspecified atom stereocenters. The fraction of sp³-hybridized carbons (Fsp3) is 0.458. The van der Waals surface area contributed by atoms with Crippen LogP contribution < -0.4 is 10.1 Å². The van der Waals surface area contributed by atoms with Gasteiger partial charge < -0.3 is 19.7 Å². The van der Waals surface area contributed by atoms with Crippen molar-refractivity contribution in [1.82, 2.24) is 10.2 Å². The van der Waals surface area contributed by atoms with Crippen molar-refractivity contribution in [1.29, 1.82) is 0 Å². The zero-order valence-corrected chi connectivity index (χ0v) is 19.5. The number of carbonyl (C=O) groups is 2. The molecular formula is C24H29N3O4S. The molecule has 32 heavy (non-hydrogen) atoms. The highest BCUT2D eigenvalue weighted by Gasteiger charge is 2.41. The number of rotatable bonds is 6. The van der Waals surface area contributed by atoms with Crippen molar-refractivity contribution in [3.63, 3.8) is 0 Å². The first-order valence-electron chi connectivity index (χ1n) is 11.0. The molecule has 2 heterocycles. The molecule has 0 bridgehead atoms. The van der Waals surface area contributed by atoms with Crippen molar-refractivity contribution in [3.05, 3.63) is 52.2 Å². The Morgan fingerprint density at radius 3 is 2.53 bits per heavy atom. The van der Waals surface area contributed by atoms with Crippen molar-refractivity contribution in [2.24, 2.45) is 4.99 Å². The third-order valence-corrected chi connectivity index (χ3v) is 7.04. The number of carbonyl (C=O) groups excluding carboxylic acids is 2. The first-order chi connectivity index (χ1) is 15.5. The lowest BCUT2D eigenvalue weighted by Gasteiger charge is -2.36.